The van der Waals surface area contributed by atoms with Crippen molar-refractivity contribution < 1.29 is 28.3 Å². The predicted molar refractivity (Wildman–Crippen MR) is 116 cm³/mol. The monoisotopic (exact) mass is 503 g/mol. The van der Waals surface area contributed by atoms with E-state index in [1.165, 1.54) is 6.07 Å². The minimum Gasteiger partial charge on any atom is -0.496 e. The molecule has 0 aromatic heterocycles. The van der Waals surface area contributed by atoms with Crippen molar-refractivity contribution >= 4 is 45.2 Å². The first kappa shape index (κ1) is 21.9. The number of imide groups is 2. The molecule has 2 N–H and O–H groups in total. The topological polar surface area (TPSA) is 105 Å². The Morgan fingerprint density at radius 3 is 2.66 bits per heavy atom. The van der Waals surface area contributed by atoms with Crippen LogP contribution in [0.25, 0.3) is 0 Å². The van der Waals surface area contributed by atoms with Gasteiger partial charge >= 0.3 is 0 Å². The zero-order valence-electron chi connectivity index (χ0n) is 17.0. The van der Waals surface area contributed by atoms with E-state index in [9.17, 15) is 23.6 Å². The van der Waals surface area contributed by atoms with Crippen LogP contribution >= 0.6 is 15.9 Å². The zero-order chi connectivity index (χ0) is 23.0. The highest BCUT2D eigenvalue weighted by Crippen LogP contribution is 2.34. The Kier molecular flexibility index (Phi) is 5.96. The molecule has 1 atom stereocenters. The summed E-state index contributed by atoms with van der Waals surface area (Å²) in [7, 11) is 1.57. The van der Waals surface area contributed by atoms with Crippen molar-refractivity contribution in [2.45, 2.75) is 25.3 Å². The van der Waals surface area contributed by atoms with Crippen molar-refractivity contribution in [1.82, 2.24) is 10.2 Å². The molecule has 1 unspecified atom stereocenters. The molecule has 2 aromatic carbocycles. The molecule has 0 aliphatic carbocycles. The summed E-state index contributed by atoms with van der Waals surface area (Å²) in [6, 6.07) is 6.81. The highest BCUT2D eigenvalue weighted by molar-refractivity contribution is 9.10. The molecule has 4 amide bonds. The Morgan fingerprint density at radius 2 is 1.97 bits per heavy atom. The highest BCUT2D eigenvalue weighted by Gasteiger charge is 2.46. The Labute approximate surface area is 191 Å². The molecule has 0 saturated carbocycles. The van der Waals surface area contributed by atoms with Gasteiger partial charge in [0.1, 0.15) is 17.6 Å². The van der Waals surface area contributed by atoms with Crippen LogP contribution in [0.5, 0.6) is 5.75 Å². The van der Waals surface area contributed by atoms with Crippen LogP contribution in [-0.2, 0) is 16.0 Å². The molecule has 2 aliphatic rings. The second kappa shape index (κ2) is 8.70. The van der Waals surface area contributed by atoms with Crippen molar-refractivity contribution in [3.8, 4) is 5.75 Å². The maximum atomic E-state index is 14.6. The van der Waals surface area contributed by atoms with Crippen LogP contribution in [0.3, 0.4) is 0 Å². The summed E-state index contributed by atoms with van der Waals surface area (Å²) in [6.07, 6.45) is 0.569. The molecule has 8 nitrogen and oxygen atoms in total. The molecule has 1 saturated heterocycles. The number of ether oxygens (including phenoxy) is 1. The number of halogens is 2. The maximum Gasteiger partial charge on any atom is 0.264 e. The fourth-order valence-electron chi connectivity index (χ4n) is 3.90. The number of nitrogens with one attached hydrogen (secondary N) is 2. The summed E-state index contributed by atoms with van der Waals surface area (Å²) in [5, 5.41) is 5.07. The maximum absolute atomic E-state index is 14.6. The predicted octanol–water partition coefficient (Wildman–Crippen LogP) is 2.65. The summed E-state index contributed by atoms with van der Waals surface area (Å²) < 4.78 is 20.6. The Morgan fingerprint density at radius 1 is 1.19 bits per heavy atom. The fraction of sp³-hybridized carbons (Fsp3) is 0.273. The molecule has 2 aliphatic heterocycles. The summed E-state index contributed by atoms with van der Waals surface area (Å²) in [6.45, 7) is 0.298. The van der Waals surface area contributed by atoms with Gasteiger partial charge in [-0.2, -0.15) is 0 Å². The van der Waals surface area contributed by atoms with E-state index in [0.29, 0.717) is 18.7 Å². The first-order valence-corrected chi connectivity index (χ1v) is 10.7. The number of nitrogens with zero attached hydrogens (tertiary/aromatic N) is 1. The lowest BCUT2D eigenvalue weighted by Crippen LogP contribution is -2.54. The third-order valence-electron chi connectivity index (χ3n) is 5.49. The number of hydrogen-bond acceptors (Lipinski definition) is 6. The van der Waals surface area contributed by atoms with E-state index in [4.69, 9.17) is 4.74 Å². The minimum absolute atomic E-state index is 0.0146. The van der Waals surface area contributed by atoms with Gasteiger partial charge in [0.05, 0.1) is 28.4 Å². The number of rotatable bonds is 6. The van der Waals surface area contributed by atoms with Gasteiger partial charge in [-0.25, -0.2) is 4.39 Å². The quantitative estimate of drug-likeness (QED) is 0.587. The van der Waals surface area contributed by atoms with Gasteiger partial charge in [0.25, 0.3) is 11.8 Å². The Hall–Kier alpha value is -3.27. The SMILES string of the molecule is COc1ccc(CCNc2c(F)ccc3c2C(=O)N(C2CCC(=O)NC2=O)C3=O)cc1Br. The third-order valence-corrected chi connectivity index (χ3v) is 6.11. The van der Waals surface area contributed by atoms with Crippen LogP contribution in [0.2, 0.25) is 0 Å². The number of carbonyl (C=O) groups excluding carboxylic acids is 4. The van der Waals surface area contributed by atoms with Crippen molar-refractivity contribution in [2.75, 3.05) is 19.0 Å². The molecule has 4 rings (SSSR count). The molecule has 0 bridgehead atoms. The summed E-state index contributed by atoms with van der Waals surface area (Å²) in [5.74, 6) is -2.59. The lowest BCUT2D eigenvalue weighted by atomic mass is 10.0. The van der Waals surface area contributed by atoms with Crippen LogP contribution in [0.1, 0.15) is 39.1 Å². The van der Waals surface area contributed by atoms with Crippen LogP contribution in [-0.4, -0.2) is 48.2 Å². The minimum atomic E-state index is -1.10. The van der Waals surface area contributed by atoms with Gasteiger partial charge in [0, 0.05) is 13.0 Å². The number of anilines is 1. The summed E-state index contributed by atoms with van der Waals surface area (Å²) in [5.41, 5.74) is 0.792. The molecular formula is C22H19BrFN3O5. The van der Waals surface area contributed by atoms with E-state index in [2.05, 4.69) is 26.6 Å². The molecule has 32 heavy (non-hydrogen) atoms. The van der Waals surface area contributed by atoms with Crippen molar-refractivity contribution in [3.05, 3.63) is 57.3 Å². The molecule has 166 valence electrons. The molecule has 2 heterocycles. The van der Waals surface area contributed by atoms with Crippen LogP contribution in [0, 0.1) is 5.82 Å². The zero-order valence-corrected chi connectivity index (χ0v) is 18.6. The first-order valence-electron chi connectivity index (χ1n) is 9.92. The number of hydrogen-bond donors (Lipinski definition) is 2. The average molecular weight is 504 g/mol. The van der Waals surface area contributed by atoms with Gasteiger partial charge in [-0.15, -0.1) is 0 Å². The number of fused-ring (bicyclic) bond motifs is 1. The summed E-state index contributed by atoms with van der Waals surface area (Å²) in [4.78, 5) is 50.4. The second-order valence-corrected chi connectivity index (χ2v) is 8.29. The molecule has 2 aromatic rings. The Balaban J connectivity index is 1.55. The number of methoxy groups -OCH3 is 1. The molecule has 0 radical (unpaired) electrons. The lowest BCUT2D eigenvalue weighted by molar-refractivity contribution is -0.136. The molecule has 0 spiro atoms. The molecule has 1 fully saturated rings. The van der Waals surface area contributed by atoms with Gasteiger partial charge in [-0.1, -0.05) is 6.07 Å². The van der Waals surface area contributed by atoms with Gasteiger partial charge in [0.2, 0.25) is 11.8 Å². The van der Waals surface area contributed by atoms with E-state index in [0.717, 1.165) is 21.0 Å². The standard InChI is InChI=1S/C22H19BrFN3O5/c1-32-16-6-2-11(10-13(16)23)8-9-25-19-14(24)4-3-12-18(19)22(31)27(21(12)30)15-5-7-17(28)26-20(15)29/h2-4,6,10,15,25H,5,7-9H2,1H3,(H,26,28,29). The van der Waals surface area contributed by atoms with Crippen molar-refractivity contribution in [3.63, 3.8) is 0 Å². The van der Waals surface area contributed by atoms with Gasteiger partial charge in [-0.05, 0) is 58.6 Å². The van der Waals surface area contributed by atoms with E-state index in [-0.39, 0.29) is 29.7 Å². The van der Waals surface area contributed by atoms with E-state index in [1.807, 2.05) is 12.1 Å². The highest BCUT2D eigenvalue weighted by atomic mass is 79.9. The van der Waals surface area contributed by atoms with Crippen LogP contribution in [0.15, 0.2) is 34.8 Å². The molecular weight excluding hydrogens is 485 g/mol. The van der Waals surface area contributed by atoms with E-state index in [1.54, 1.807) is 13.2 Å². The first-order chi connectivity index (χ1) is 15.3. The van der Waals surface area contributed by atoms with Gasteiger partial charge in [-0.3, -0.25) is 29.4 Å². The van der Waals surface area contributed by atoms with Crippen LogP contribution in [0.4, 0.5) is 10.1 Å². The second-order valence-electron chi connectivity index (χ2n) is 7.44. The molecule has 10 heteroatoms. The largest absolute Gasteiger partial charge is 0.496 e. The summed E-state index contributed by atoms with van der Waals surface area (Å²) >= 11 is 3.42. The van der Waals surface area contributed by atoms with Gasteiger partial charge < -0.3 is 10.1 Å². The fourth-order valence-corrected chi connectivity index (χ4v) is 4.49. The number of piperidine rings is 1. The van der Waals surface area contributed by atoms with Gasteiger partial charge in [0.15, 0.2) is 0 Å². The van der Waals surface area contributed by atoms with Crippen molar-refractivity contribution in [1.29, 1.82) is 0 Å². The van der Waals surface area contributed by atoms with Crippen molar-refractivity contribution in [2.24, 2.45) is 0 Å². The van der Waals surface area contributed by atoms with Crippen LogP contribution < -0.4 is 15.4 Å². The van der Waals surface area contributed by atoms with E-state index < -0.39 is 35.5 Å². The van der Waals surface area contributed by atoms with E-state index >= 15 is 0 Å². The Bertz CT molecular complexity index is 1150. The number of benzene rings is 2. The number of carbonyl (C=O) groups is 4. The normalized spacial score (nSPS) is 18.0. The average Bonchev–Trinajstić information content (AvgIpc) is 3.00. The smallest absolute Gasteiger partial charge is 0.264 e. The lowest BCUT2D eigenvalue weighted by Gasteiger charge is -2.27. The third kappa shape index (κ3) is 3.86. The number of amides is 4.